The average molecular weight is 366 g/mol. The van der Waals surface area contributed by atoms with Gasteiger partial charge in [-0.1, -0.05) is 55.3 Å². The minimum Gasteiger partial charge on any atom is -0.351 e. The van der Waals surface area contributed by atoms with Crippen LogP contribution in [0.1, 0.15) is 43.2 Å². The van der Waals surface area contributed by atoms with Gasteiger partial charge in [0.1, 0.15) is 5.82 Å². The zero-order chi connectivity index (χ0) is 18.7. The Morgan fingerprint density at radius 1 is 1.07 bits per heavy atom. The van der Waals surface area contributed by atoms with Crippen molar-refractivity contribution in [3.63, 3.8) is 0 Å². The van der Waals surface area contributed by atoms with Crippen LogP contribution in [0.2, 0.25) is 0 Å². The predicted molar refractivity (Wildman–Crippen MR) is 105 cm³/mol. The van der Waals surface area contributed by atoms with Crippen LogP contribution in [0.5, 0.6) is 0 Å². The summed E-state index contributed by atoms with van der Waals surface area (Å²) >= 11 is 0. The highest BCUT2D eigenvalue weighted by Crippen LogP contribution is 2.41. The second-order valence-corrected chi connectivity index (χ2v) is 7.98. The molecule has 0 aromatic heterocycles. The lowest BCUT2D eigenvalue weighted by molar-refractivity contribution is -0.127. The Hall–Kier alpha value is -2.20. The van der Waals surface area contributed by atoms with Crippen LogP contribution in [-0.4, -0.2) is 29.9 Å². The summed E-state index contributed by atoms with van der Waals surface area (Å²) in [7, 11) is 0. The van der Waals surface area contributed by atoms with Crippen LogP contribution >= 0.6 is 0 Å². The Balaban J connectivity index is 1.41. The molecule has 1 aliphatic heterocycles. The van der Waals surface area contributed by atoms with Gasteiger partial charge in [-0.25, -0.2) is 4.39 Å². The van der Waals surface area contributed by atoms with Gasteiger partial charge in [0.25, 0.3) is 0 Å². The van der Waals surface area contributed by atoms with Gasteiger partial charge in [0.15, 0.2) is 0 Å². The van der Waals surface area contributed by atoms with E-state index in [1.54, 1.807) is 12.1 Å². The van der Waals surface area contributed by atoms with Crippen molar-refractivity contribution < 1.29 is 9.18 Å². The first-order valence-corrected chi connectivity index (χ1v) is 9.99. The maximum absolute atomic E-state index is 13.3. The molecule has 1 saturated heterocycles. The Labute approximate surface area is 160 Å². The monoisotopic (exact) mass is 366 g/mol. The quantitative estimate of drug-likeness (QED) is 0.867. The van der Waals surface area contributed by atoms with Crippen molar-refractivity contribution in [2.24, 2.45) is 0 Å². The van der Waals surface area contributed by atoms with E-state index in [2.05, 4.69) is 34.5 Å². The van der Waals surface area contributed by atoms with Gasteiger partial charge in [0.2, 0.25) is 5.91 Å². The number of nitrogens with zero attached hydrogens (tertiary/aromatic N) is 1. The maximum Gasteiger partial charge on any atom is 0.230 e. The van der Waals surface area contributed by atoms with E-state index in [1.165, 1.54) is 17.7 Å². The highest BCUT2D eigenvalue weighted by molar-refractivity contribution is 5.88. The molecule has 2 aromatic rings. The molecule has 27 heavy (non-hydrogen) atoms. The van der Waals surface area contributed by atoms with E-state index in [9.17, 15) is 9.18 Å². The number of hydrogen-bond donors (Lipinski definition) is 1. The van der Waals surface area contributed by atoms with E-state index < -0.39 is 5.41 Å². The molecule has 0 unspecified atom stereocenters. The maximum atomic E-state index is 13.3. The van der Waals surface area contributed by atoms with Gasteiger partial charge in [-0.2, -0.15) is 0 Å². The van der Waals surface area contributed by atoms with Crippen molar-refractivity contribution in [2.45, 2.75) is 50.1 Å². The third-order valence-corrected chi connectivity index (χ3v) is 6.15. The summed E-state index contributed by atoms with van der Waals surface area (Å²) in [5.41, 5.74) is 1.78. The van der Waals surface area contributed by atoms with Crippen molar-refractivity contribution in [2.75, 3.05) is 13.1 Å². The molecule has 2 aromatic carbocycles. The number of nitrogens with one attached hydrogen (secondary N) is 1. The first kappa shape index (κ1) is 18.2. The second kappa shape index (κ2) is 7.81. The van der Waals surface area contributed by atoms with E-state index in [-0.39, 0.29) is 17.8 Å². The van der Waals surface area contributed by atoms with E-state index >= 15 is 0 Å². The largest absolute Gasteiger partial charge is 0.351 e. The van der Waals surface area contributed by atoms with E-state index in [4.69, 9.17) is 0 Å². The fraction of sp³-hybridized carbons (Fsp3) is 0.435. The van der Waals surface area contributed by atoms with Crippen LogP contribution in [-0.2, 0) is 16.8 Å². The molecule has 1 aliphatic carbocycles. The molecular formula is C23H27FN2O. The zero-order valence-corrected chi connectivity index (χ0v) is 15.7. The van der Waals surface area contributed by atoms with E-state index in [0.29, 0.717) is 0 Å². The van der Waals surface area contributed by atoms with E-state index in [1.807, 2.05) is 6.07 Å². The molecule has 4 heteroatoms. The molecule has 1 heterocycles. The van der Waals surface area contributed by atoms with Crippen LogP contribution in [0.3, 0.4) is 0 Å². The normalized spacial score (nSPS) is 22.0. The van der Waals surface area contributed by atoms with Crippen molar-refractivity contribution >= 4 is 5.91 Å². The van der Waals surface area contributed by atoms with Crippen molar-refractivity contribution in [3.8, 4) is 0 Å². The topological polar surface area (TPSA) is 32.3 Å². The smallest absolute Gasteiger partial charge is 0.230 e. The number of amides is 1. The average Bonchev–Trinajstić information content (AvgIpc) is 3.34. The third-order valence-electron chi connectivity index (χ3n) is 6.15. The van der Waals surface area contributed by atoms with Gasteiger partial charge < -0.3 is 5.32 Å². The van der Waals surface area contributed by atoms with Crippen LogP contribution in [0.15, 0.2) is 54.6 Å². The van der Waals surface area contributed by atoms with Gasteiger partial charge >= 0.3 is 0 Å². The lowest BCUT2D eigenvalue weighted by Crippen LogP contribution is -2.47. The molecule has 0 radical (unpaired) electrons. The van der Waals surface area contributed by atoms with Gasteiger partial charge in [0, 0.05) is 25.7 Å². The first-order valence-electron chi connectivity index (χ1n) is 9.99. The fourth-order valence-electron chi connectivity index (χ4n) is 4.65. The molecule has 142 valence electrons. The van der Waals surface area contributed by atoms with Gasteiger partial charge in [-0.15, -0.1) is 0 Å². The molecule has 1 saturated carbocycles. The Morgan fingerprint density at radius 3 is 2.48 bits per heavy atom. The molecule has 1 N–H and O–H groups in total. The summed E-state index contributed by atoms with van der Waals surface area (Å²) in [6, 6.07) is 17.2. The van der Waals surface area contributed by atoms with Crippen molar-refractivity contribution in [1.29, 1.82) is 0 Å². The lowest BCUT2D eigenvalue weighted by Gasteiger charge is -2.30. The Morgan fingerprint density at radius 2 is 1.78 bits per heavy atom. The standard InChI is InChI=1S/C23H27FN2O/c24-20-10-8-19(9-11-20)23(13-4-5-14-23)22(27)25-21-12-15-26(17-21)16-18-6-2-1-3-7-18/h1-3,6-11,21H,4-5,12-17H2,(H,25,27)/t21-/m1/s1. The minimum absolute atomic E-state index is 0.123. The summed E-state index contributed by atoms with van der Waals surface area (Å²) in [6.07, 6.45) is 4.79. The Kier molecular flexibility index (Phi) is 5.26. The molecule has 0 spiro atoms. The van der Waals surface area contributed by atoms with Gasteiger partial charge in [-0.05, 0) is 42.5 Å². The highest BCUT2D eigenvalue weighted by Gasteiger charge is 2.43. The molecule has 1 amide bonds. The van der Waals surface area contributed by atoms with Crippen molar-refractivity contribution in [3.05, 3.63) is 71.5 Å². The molecule has 2 aliphatic rings. The highest BCUT2D eigenvalue weighted by atomic mass is 19.1. The molecule has 3 nitrogen and oxygen atoms in total. The number of carbonyl (C=O) groups excluding carboxylic acids is 1. The minimum atomic E-state index is -0.486. The summed E-state index contributed by atoms with van der Waals surface area (Å²) in [5, 5.41) is 3.32. The van der Waals surface area contributed by atoms with Crippen LogP contribution < -0.4 is 5.32 Å². The van der Waals surface area contributed by atoms with Crippen molar-refractivity contribution in [1.82, 2.24) is 10.2 Å². The SMILES string of the molecule is O=C(N[C@@H]1CCN(Cc2ccccc2)C1)C1(c2ccc(F)cc2)CCCC1. The molecule has 4 rings (SSSR count). The van der Waals surface area contributed by atoms with Gasteiger partial charge in [0.05, 0.1) is 5.41 Å². The number of rotatable bonds is 5. The number of halogens is 1. The molecular weight excluding hydrogens is 339 g/mol. The summed E-state index contributed by atoms with van der Waals surface area (Å²) in [5.74, 6) is -0.127. The van der Waals surface area contributed by atoms with Gasteiger partial charge in [-0.3, -0.25) is 9.69 Å². The fourth-order valence-corrected chi connectivity index (χ4v) is 4.65. The molecule has 0 bridgehead atoms. The molecule has 2 fully saturated rings. The van der Waals surface area contributed by atoms with Crippen LogP contribution in [0.4, 0.5) is 4.39 Å². The molecule has 1 atom stereocenters. The lowest BCUT2D eigenvalue weighted by atomic mass is 9.77. The van der Waals surface area contributed by atoms with Crippen LogP contribution in [0, 0.1) is 5.82 Å². The number of hydrogen-bond acceptors (Lipinski definition) is 2. The first-order chi connectivity index (χ1) is 13.2. The van der Waals surface area contributed by atoms with E-state index in [0.717, 1.165) is 57.3 Å². The third kappa shape index (κ3) is 3.91. The summed E-state index contributed by atoms with van der Waals surface area (Å²) in [6.45, 7) is 2.82. The van der Waals surface area contributed by atoms with Crippen LogP contribution in [0.25, 0.3) is 0 Å². The second-order valence-electron chi connectivity index (χ2n) is 7.98. The predicted octanol–water partition coefficient (Wildman–Crippen LogP) is 4.03. The zero-order valence-electron chi connectivity index (χ0n) is 15.7. The summed E-state index contributed by atoms with van der Waals surface area (Å²) in [4.78, 5) is 15.7. The number of likely N-dealkylation sites (tertiary alicyclic amines) is 1. The summed E-state index contributed by atoms with van der Waals surface area (Å²) < 4.78 is 13.3. The number of carbonyl (C=O) groups is 1. The Bertz CT molecular complexity index is 769. The number of benzene rings is 2.